The maximum Gasteiger partial charge on any atom is 0.318 e. The predicted molar refractivity (Wildman–Crippen MR) is 80.0 cm³/mol. The maximum atomic E-state index is 12.4. The van der Waals surface area contributed by atoms with Crippen molar-refractivity contribution in [2.75, 3.05) is 6.61 Å². The molecule has 1 aliphatic rings. The van der Waals surface area contributed by atoms with E-state index < -0.39 is 0 Å². The fraction of sp³-hybridized carbons (Fsp3) is 0.118. The number of benzene rings is 2. The van der Waals surface area contributed by atoms with Crippen LogP contribution in [0.4, 0.5) is 0 Å². The number of esters is 1. The first kappa shape index (κ1) is 13.0. The zero-order valence-electron chi connectivity index (χ0n) is 10.9. The molecular weight excluding hydrogens is 268 g/mol. The summed E-state index contributed by atoms with van der Waals surface area (Å²) in [5.41, 5.74) is 2.04. The molecule has 0 N–H and O–H groups in total. The molecule has 0 fully saturated rings. The first-order chi connectivity index (χ1) is 9.81. The van der Waals surface area contributed by atoms with Gasteiger partial charge in [0.1, 0.15) is 12.5 Å². The Morgan fingerprint density at radius 3 is 2.20 bits per heavy atom. The van der Waals surface area contributed by atoms with Crippen LogP contribution in [0, 0.1) is 0 Å². The molecule has 0 aromatic heterocycles. The highest BCUT2D eigenvalue weighted by atomic mass is 32.2. The van der Waals surface area contributed by atoms with Crippen LogP contribution in [-0.4, -0.2) is 12.6 Å². The molecule has 3 heteroatoms. The highest BCUT2D eigenvalue weighted by Gasteiger charge is 2.32. The molecule has 0 unspecified atom stereocenters. The summed E-state index contributed by atoms with van der Waals surface area (Å²) in [7, 11) is 0. The van der Waals surface area contributed by atoms with Crippen molar-refractivity contribution in [3.8, 4) is 0 Å². The van der Waals surface area contributed by atoms with Crippen LogP contribution in [0.25, 0.3) is 0 Å². The van der Waals surface area contributed by atoms with Gasteiger partial charge in [-0.15, -0.1) is 0 Å². The molecule has 0 aliphatic carbocycles. The summed E-state index contributed by atoms with van der Waals surface area (Å²) < 4.78 is 5.28. The molecule has 3 rings (SSSR count). The van der Waals surface area contributed by atoms with Crippen LogP contribution in [0.1, 0.15) is 17.0 Å². The third-order valence-corrected chi connectivity index (χ3v) is 4.44. The minimum absolute atomic E-state index is 0.217. The van der Waals surface area contributed by atoms with Crippen molar-refractivity contribution in [1.29, 1.82) is 0 Å². The fourth-order valence-electron chi connectivity index (χ4n) is 2.39. The van der Waals surface area contributed by atoms with E-state index in [1.165, 1.54) is 0 Å². The van der Waals surface area contributed by atoms with Gasteiger partial charge in [-0.05, 0) is 23.3 Å². The van der Waals surface area contributed by atoms with Gasteiger partial charge < -0.3 is 4.74 Å². The lowest BCUT2D eigenvalue weighted by Crippen LogP contribution is -2.20. The fourth-order valence-corrected chi connectivity index (χ4v) is 3.53. The summed E-state index contributed by atoms with van der Waals surface area (Å²) in [4.78, 5) is 14.6. The SMILES string of the molecule is C=CCOC(=O)C1c2ccccc2Sc2ccccc21. The number of carbonyl (C=O) groups excluding carboxylic acids is 1. The second-order valence-corrected chi connectivity index (χ2v) is 5.61. The Kier molecular flexibility index (Phi) is 3.61. The molecule has 0 bridgehead atoms. The molecule has 100 valence electrons. The Hall–Kier alpha value is -2.00. The molecule has 0 radical (unpaired) electrons. The van der Waals surface area contributed by atoms with Gasteiger partial charge >= 0.3 is 5.97 Å². The van der Waals surface area contributed by atoms with Crippen LogP contribution >= 0.6 is 11.8 Å². The number of carbonyl (C=O) groups is 1. The number of ether oxygens (including phenoxy) is 1. The number of hydrogen-bond donors (Lipinski definition) is 0. The summed E-state index contributed by atoms with van der Waals surface area (Å²) in [5.74, 6) is -0.561. The number of rotatable bonds is 3. The van der Waals surface area contributed by atoms with Gasteiger partial charge in [-0.3, -0.25) is 4.79 Å². The van der Waals surface area contributed by atoms with E-state index in [1.807, 2.05) is 48.5 Å². The summed E-state index contributed by atoms with van der Waals surface area (Å²) in [6.07, 6.45) is 1.59. The molecule has 2 nitrogen and oxygen atoms in total. The third-order valence-electron chi connectivity index (χ3n) is 3.26. The molecule has 0 atom stereocenters. The topological polar surface area (TPSA) is 26.3 Å². The maximum absolute atomic E-state index is 12.4. The number of fused-ring (bicyclic) bond motifs is 2. The van der Waals surface area contributed by atoms with Gasteiger partial charge in [0.05, 0.1) is 0 Å². The Labute approximate surface area is 122 Å². The number of hydrogen-bond acceptors (Lipinski definition) is 3. The molecule has 0 saturated heterocycles. The standard InChI is InChI=1S/C17H14O2S/c1-2-11-19-17(18)16-12-7-3-5-9-14(12)20-15-10-6-4-8-13(15)16/h2-10,16H,1,11H2. The van der Waals surface area contributed by atoms with Gasteiger partial charge in [-0.2, -0.15) is 0 Å². The molecule has 2 aromatic carbocycles. The summed E-state index contributed by atoms with van der Waals surface area (Å²) in [6.45, 7) is 3.83. The van der Waals surface area contributed by atoms with Crippen LogP contribution in [0.2, 0.25) is 0 Å². The molecule has 2 aromatic rings. The van der Waals surface area contributed by atoms with Crippen LogP contribution in [0.3, 0.4) is 0 Å². The largest absolute Gasteiger partial charge is 0.461 e. The average molecular weight is 282 g/mol. The van der Waals surface area contributed by atoms with Crippen molar-refractivity contribution in [3.63, 3.8) is 0 Å². The summed E-state index contributed by atoms with van der Waals surface area (Å²) in [6, 6.07) is 16.0. The monoisotopic (exact) mass is 282 g/mol. The Morgan fingerprint density at radius 2 is 1.65 bits per heavy atom. The second kappa shape index (κ2) is 5.55. The zero-order valence-corrected chi connectivity index (χ0v) is 11.7. The molecule has 20 heavy (non-hydrogen) atoms. The summed E-state index contributed by atoms with van der Waals surface area (Å²) in [5, 5.41) is 0. The van der Waals surface area contributed by atoms with Gasteiger partial charge in [0.25, 0.3) is 0 Å². The van der Waals surface area contributed by atoms with Gasteiger partial charge in [0, 0.05) is 9.79 Å². The predicted octanol–water partition coefficient (Wildman–Crippen LogP) is 4.01. The second-order valence-electron chi connectivity index (χ2n) is 4.53. The quantitative estimate of drug-likeness (QED) is 0.628. The van der Waals surface area contributed by atoms with E-state index in [1.54, 1.807) is 17.8 Å². The Bertz CT molecular complexity index is 618. The highest BCUT2D eigenvalue weighted by Crippen LogP contribution is 2.45. The first-order valence-corrected chi connectivity index (χ1v) is 7.26. The van der Waals surface area contributed by atoms with Crippen molar-refractivity contribution < 1.29 is 9.53 Å². The molecule has 0 saturated carbocycles. The van der Waals surface area contributed by atoms with Crippen molar-refractivity contribution in [2.45, 2.75) is 15.7 Å². The molecule has 0 spiro atoms. The third kappa shape index (κ3) is 2.25. The van der Waals surface area contributed by atoms with E-state index in [-0.39, 0.29) is 18.5 Å². The summed E-state index contributed by atoms with van der Waals surface area (Å²) >= 11 is 1.70. The minimum Gasteiger partial charge on any atom is -0.461 e. The lowest BCUT2D eigenvalue weighted by molar-refractivity contribution is -0.143. The van der Waals surface area contributed by atoms with Crippen LogP contribution in [0.5, 0.6) is 0 Å². The lowest BCUT2D eigenvalue weighted by Gasteiger charge is -2.26. The van der Waals surface area contributed by atoms with E-state index in [4.69, 9.17) is 4.74 Å². The van der Waals surface area contributed by atoms with Crippen molar-refractivity contribution in [2.24, 2.45) is 0 Å². The highest BCUT2D eigenvalue weighted by molar-refractivity contribution is 7.99. The van der Waals surface area contributed by atoms with Gasteiger partial charge in [-0.25, -0.2) is 0 Å². The van der Waals surface area contributed by atoms with E-state index in [9.17, 15) is 4.79 Å². The van der Waals surface area contributed by atoms with Crippen molar-refractivity contribution in [3.05, 3.63) is 72.3 Å². The van der Waals surface area contributed by atoms with E-state index >= 15 is 0 Å². The average Bonchev–Trinajstić information content (AvgIpc) is 2.50. The normalized spacial score (nSPS) is 13.2. The van der Waals surface area contributed by atoms with Crippen molar-refractivity contribution >= 4 is 17.7 Å². The van der Waals surface area contributed by atoms with E-state index in [2.05, 4.69) is 6.58 Å². The Balaban J connectivity index is 2.07. The zero-order chi connectivity index (χ0) is 13.9. The van der Waals surface area contributed by atoms with Crippen LogP contribution in [-0.2, 0) is 9.53 Å². The van der Waals surface area contributed by atoms with Gasteiger partial charge in [0.2, 0.25) is 0 Å². The minimum atomic E-state index is -0.344. The Morgan fingerprint density at radius 1 is 1.10 bits per heavy atom. The van der Waals surface area contributed by atoms with Gasteiger partial charge in [0.15, 0.2) is 0 Å². The smallest absolute Gasteiger partial charge is 0.318 e. The molecule has 1 aliphatic heterocycles. The van der Waals surface area contributed by atoms with Crippen molar-refractivity contribution in [1.82, 2.24) is 0 Å². The molecule has 1 heterocycles. The van der Waals surface area contributed by atoms with Crippen LogP contribution in [0.15, 0.2) is 71.0 Å². The molecular formula is C17H14O2S. The van der Waals surface area contributed by atoms with Gasteiger partial charge in [-0.1, -0.05) is 60.8 Å². The first-order valence-electron chi connectivity index (χ1n) is 6.44. The lowest BCUT2D eigenvalue weighted by atomic mass is 9.91. The van der Waals surface area contributed by atoms with E-state index in [0.717, 1.165) is 20.9 Å². The van der Waals surface area contributed by atoms with Crippen LogP contribution < -0.4 is 0 Å². The molecule has 0 amide bonds. The van der Waals surface area contributed by atoms with E-state index in [0.29, 0.717) is 0 Å².